The van der Waals surface area contributed by atoms with Gasteiger partial charge in [-0.25, -0.2) is 9.18 Å². The van der Waals surface area contributed by atoms with E-state index in [1.54, 1.807) is 0 Å². The number of nitrogens with one attached hydrogen (secondary N) is 1. The normalized spacial score (nSPS) is 39.5. The van der Waals surface area contributed by atoms with Gasteiger partial charge in [-0.3, -0.25) is 4.90 Å². The molecule has 1 spiro atoms. The zero-order valence-corrected chi connectivity index (χ0v) is 15.7. The van der Waals surface area contributed by atoms with Gasteiger partial charge in [0.15, 0.2) is 0 Å². The van der Waals surface area contributed by atoms with Gasteiger partial charge in [-0.2, -0.15) is 0 Å². The van der Waals surface area contributed by atoms with Crippen LogP contribution in [0.4, 0.5) is 10.1 Å². The lowest BCUT2D eigenvalue weighted by molar-refractivity contribution is -0.146. The summed E-state index contributed by atoms with van der Waals surface area (Å²) in [5, 5.41) is 14.5. The molecule has 4 aliphatic rings. The highest BCUT2D eigenvalue weighted by atomic mass is 19.1. The van der Waals surface area contributed by atoms with Crippen molar-refractivity contribution in [3.63, 3.8) is 0 Å². The summed E-state index contributed by atoms with van der Waals surface area (Å²) in [4.78, 5) is 15.0. The van der Waals surface area contributed by atoms with E-state index in [-0.39, 0.29) is 18.6 Å². The van der Waals surface area contributed by atoms with Gasteiger partial charge in [-0.05, 0) is 37.4 Å². The Morgan fingerprint density at radius 2 is 2.22 bits per heavy atom. The first kappa shape index (κ1) is 17.2. The number of alkyl halides is 1. The number of esters is 1. The highest BCUT2D eigenvalue weighted by Crippen LogP contribution is 2.65. The number of nitrogens with zero attached hydrogens (tertiary/aromatic N) is 1. The number of aliphatic hydroxyl groups is 1. The first-order valence-corrected chi connectivity index (χ1v) is 9.74. The number of piperidine rings is 1. The van der Waals surface area contributed by atoms with Gasteiger partial charge in [0.1, 0.15) is 6.17 Å². The molecule has 144 valence electrons. The van der Waals surface area contributed by atoms with E-state index in [1.165, 1.54) is 7.11 Å². The molecule has 3 heterocycles. The molecule has 0 radical (unpaired) electrons. The summed E-state index contributed by atoms with van der Waals surface area (Å²) >= 11 is 0. The molecular formula is C21H25FN2O3. The molecule has 0 unspecified atom stereocenters. The van der Waals surface area contributed by atoms with Gasteiger partial charge in [-0.1, -0.05) is 25.1 Å². The van der Waals surface area contributed by atoms with E-state index in [2.05, 4.69) is 16.3 Å². The molecule has 27 heavy (non-hydrogen) atoms. The smallest absolute Gasteiger partial charge is 0.335 e. The molecule has 0 aromatic heterocycles. The first-order valence-electron chi connectivity index (χ1n) is 9.74. The number of fused-ring (bicyclic) bond motifs is 1. The minimum absolute atomic E-state index is 0.0310. The van der Waals surface area contributed by atoms with Crippen molar-refractivity contribution in [2.45, 2.75) is 49.9 Å². The van der Waals surface area contributed by atoms with E-state index in [0.717, 1.165) is 29.9 Å². The van der Waals surface area contributed by atoms with Gasteiger partial charge in [0.2, 0.25) is 0 Å². The van der Waals surface area contributed by atoms with Crippen molar-refractivity contribution in [1.29, 1.82) is 0 Å². The van der Waals surface area contributed by atoms with Gasteiger partial charge < -0.3 is 15.2 Å². The fourth-order valence-electron chi connectivity index (χ4n) is 6.49. The van der Waals surface area contributed by atoms with Gasteiger partial charge >= 0.3 is 5.97 Å². The molecule has 1 aromatic rings. The quantitative estimate of drug-likeness (QED) is 0.781. The van der Waals surface area contributed by atoms with Crippen molar-refractivity contribution in [3.05, 3.63) is 41.1 Å². The number of carbonyl (C=O) groups excluding carboxylic acids is 1. The van der Waals surface area contributed by atoms with Crippen molar-refractivity contribution >= 4 is 11.7 Å². The third-order valence-corrected chi connectivity index (χ3v) is 7.52. The zero-order chi connectivity index (χ0) is 19.0. The largest absolute Gasteiger partial charge is 0.466 e. The van der Waals surface area contributed by atoms with Crippen LogP contribution in [-0.2, 0) is 14.9 Å². The molecule has 2 fully saturated rings. The maximum absolute atomic E-state index is 14.8. The molecule has 5 nitrogen and oxygen atoms in total. The fraction of sp³-hybridized carbons (Fsp3) is 0.571. The fourth-order valence-corrected chi connectivity index (χ4v) is 6.49. The summed E-state index contributed by atoms with van der Waals surface area (Å²) in [7, 11) is 1.38. The molecule has 5 atom stereocenters. The summed E-state index contributed by atoms with van der Waals surface area (Å²) in [5.41, 5.74) is 2.48. The number of para-hydroxylation sites is 1. The van der Waals surface area contributed by atoms with Crippen LogP contribution in [0.3, 0.4) is 0 Å². The third kappa shape index (κ3) is 1.88. The third-order valence-electron chi connectivity index (χ3n) is 7.52. The van der Waals surface area contributed by atoms with E-state index in [0.29, 0.717) is 18.4 Å². The Hall–Kier alpha value is -1.92. The minimum Gasteiger partial charge on any atom is -0.466 e. The van der Waals surface area contributed by atoms with Gasteiger partial charge in [-0.15, -0.1) is 0 Å². The number of aliphatic hydroxyl groups excluding tert-OH is 1. The predicted molar refractivity (Wildman–Crippen MR) is 99.0 cm³/mol. The van der Waals surface area contributed by atoms with Crippen molar-refractivity contribution in [1.82, 2.24) is 4.90 Å². The Kier molecular flexibility index (Phi) is 3.53. The molecule has 2 saturated heterocycles. The Morgan fingerprint density at radius 1 is 1.44 bits per heavy atom. The van der Waals surface area contributed by atoms with Gasteiger partial charge in [0, 0.05) is 29.4 Å². The summed E-state index contributed by atoms with van der Waals surface area (Å²) in [6, 6.07) is 8.09. The van der Waals surface area contributed by atoms with Gasteiger partial charge in [0.25, 0.3) is 0 Å². The number of methoxy groups -OCH3 is 1. The van der Waals surface area contributed by atoms with Crippen LogP contribution in [0.25, 0.3) is 0 Å². The van der Waals surface area contributed by atoms with Crippen molar-refractivity contribution < 1.29 is 19.0 Å². The lowest BCUT2D eigenvalue weighted by atomic mass is 9.52. The Bertz CT molecular complexity index is 856. The van der Waals surface area contributed by atoms with Crippen LogP contribution >= 0.6 is 0 Å². The van der Waals surface area contributed by atoms with Crippen LogP contribution in [0.2, 0.25) is 0 Å². The number of benzene rings is 1. The van der Waals surface area contributed by atoms with E-state index < -0.39 is 23.1 Å². The second kappa shape index (κ2) is 5.55. The molecule has 0 saturated carbocycles. The molecule has 0 amide bonds. The van der Waals surface area contributed by atoms with Crippen molar-refractivity contribution in [3.8, 4) is 0 Å². The Balaban J connectivity index is 1.82. The zero-order valence-electron chi connectivity index (χ0n) is 15.7. The summed E-state index contributed by atoms with van der Waals surface area (Å²) in [6.07, 6.45) is -0.655. The average molecular weight is 372 g/mol. The lowest BCUT2D eigenvalue weighted by Crippen LogP contribution is -2.68. The number of anilines is 1. The molecule has 1 aromatic carbocycles. The summed E-state index contributed by atoms with van der Waals surface area (Å²) in [5.74, 6) is -0.386. The second-order valence-corrected chi connectivity index (χ2v) is 8.36. The molecule has 2 N–H and O–H groups in total. The monoisotopic (exact) mass is 372 g/mol. The van der Waals surface area contributed by atoms with Crippen LogP contribution in [0.1, 0.15) is 31.7 Å². The van der Waals surface area contributed by atoms with Crippen molar-refractivity contribution in [2.75, 3.05) is 25.5 Å². The molecule has 3 aliphatic heterocycles. The second-order valence-electron chi connectivity index (χ2n) is 8.36. The molecular weight excluding hydrogens is 347 g/mol. The number of rotatable bonds is 2. The SMILES string of the molecule is CC[C@@]12CC(C(=O)OC)=C3Nc4ccccc4[C@@]34CCN(C[C@@H](F)[C@@H]1O)[C@@H]24. The average Bonchev–Trinajstić information content (AvgIpc) is 3.24. The highest BCUT2D eigenvalue weighted by Gasteiger charge is 2.69. The van der Waals surface area contributed by atoms with Gasteiger partial charge in [0.05, 0.1) is 24.2 Å². The predicted octanol–water partition coefficient (Wildman–Crippen LogP) is 2.36. The van der Waals surface area contributed by atoms with E-state index in [9.17, 15) is 14.3 Å². The summed E-state index contributed by atoms with van der Waals surface area (Å²) < 4.78 is 19.9. The topological polar surface area (TPSA) is 61.8 Å². The molecule has 0 bridgehead atoms. The molecule has 1 aliphatic carbocycles. The Morgan fingerprint density at radius 3 is 2.96 bits per heavy atom. The van der Waals surface area contributed by atoms with Crippen molar-refractivity contribution in [2.24, 2.45) is 5.41 Å². The van der Waals surface area contributed by atoms with Crippen LogP contribution in [0.15, 0.2) is 35.5 Å². The highest BCUT2D eigenvalue weighted by molar-refractivity contribution is 5.93. The number of hydrogen-bond acceptors (Lipinski definition) is 5. The van der Waals surface area contributed by atoms with Crippen LogP contribution in [0, 0.1) is 5.41 Å². The minimum atomic E-state index is -1.30. The standard InChI is InChI=1S/C21H25FN2O3/c1-3-20-10-12(18(26)27-2)16-21(13-6-4-5-7-15(13)23-16)8-9-24(19(20)21)11-14(22)17(20)25/h4-7,14,17,19,23,25H,3,8-11H2,1-2H3/t14-,17+,19+,20-,21+/m1/s1. The van der Waals surface area contributed by atoms with Crippen LogP contribution in [-0.4, -0.2) is 54.5 Å². The van der Waals surface area contributed by atoms with E-state index >= 15 is 0 Å². The first-order chi connectivity index (χ1) is 13.0. The Labute approximate surface area is 158 Å². The van der Waals surface area contributed by atoms with Crippen LogP contribution in [0.5, 0.6) is 0 Å². The van der Waals surface area contributed by atoms with E-state index in [4.69, 9.17) is 4.74 Å². The maximum Gasteiger partial charge on any atom is 0.335 e. The number of hydrogen-bond donors (Lipinski definition) is 2. The number of halogens is 1. The lowest BCUT2D eigenvalue weighted by Gasteiger charge is -2.58. The number of ether oxygens (including phenoxy) is 1. The number of carbonyl (C=O) groups is 1. The molecule has 6 heteroatoms. The summed E-state index contributed by atoms with van der Waals surface area (Å²) in [6.45, 7) is 3.01. The van der Waals surface area contributed by atoms with Crippen LogP contribution < -0.4 is 5.32 Å². The maximum atomic E-state index is 14.8. The van der Waals surface area contributed by atoms with E-state index in [1.807, 2.05) is 25.1 Å². The molecule has 5 rings (SSSR count).